The van der Waals surface area contributed by atoms with Gasteiger partial charge >= 0.3 is 5.97 Å². The smallest absolute Gasteiger partial charge is 0.310 e. The zero-order valence-electron chi connectivity index (χ0n) is 13.2. The van der Waals surface area contributed by atoms with E-state index in [4.69, 9.17) is 0 Å². The summed E-state index contributed by atoms with van der Waals surface area (Å²) in [6.07, 6.45) is 2.78. The molecule has 0 atom stereocenters. The van der Waals surface area contributed by atoms with Crippen molar-refractivity contribution in [3.8, 4) is 0 Å². The zero-order valence-corrected chi connectivity index (χ0v) is 13.2. The first-order valence-corrected chi connectivity index (χ1v) is 7.88. The van der Waals surface area contributed by atoms with Crippen LogP contribution < -0.4 is 10.6 Å². The van der Waals surface area contributed by atoms with E-state index in [-0.39, 0.29) is 18.2 Å². The molecule has 0 saturated heterocycles. The highest BCUT2D eigenvalue weighted by Crippen LogP contribution is 2.41. The van der Waals surface area contributed by atoms with Crippen LogP contribution >= 0.6 is 0 Å². The predicted octanol–water partition coefficient (Wildman–Crippen LogP) is 2.41. The van der Waals surface area contributed by atoms with Crippen molar-refractivity contribution in [1.29, 1.82) is 0 Å². The fourth-order valence-electron chi connectivity index (χ4n) is 3.00. The van der Waals surface area contributed by atoms with E-state index in [0.29, 0.717) is 30.6 Å². The molecule has 1 aromatic carbocycles. The van der Waals surface area contributed by atoms with Gasteiger partial charge in [0.2, 0.25) is 5.91 Å². The summed E-state index contributed by atoms with van der Waals surface area (Å²) in [7, 11) is 0. The lowest BCUT2D eigenvalue weighted by Gasteiger charge is -2.22. The van der Waals surface area contributed by atoms with E-state index in [2.05, 4.69) is 10.6 Å². The topological polar surface area (TPSA) is 95.5 Å². The van der Waals surface area contributed by atoms with Crippen LogP contribution in [0, 0.1) is 5.41 Å². The van der Waals surface area contributed by atoms with Crippen LogP contribution in [0.1, 0.15) is 49.4 Å². The van der Waals surface area contributed by atoms with Crippen LogP contribution in [0.5, 0.6) is 0 Å². The van der Waals surface area contributed by atoms with Crippen LogP contribution in [0.3, 0.4) is 0 Å². The van der Waals surface area contributed by atoms with E-state index in [9.17, 15) is 19.5 Å². The Morgan fingerprint density at radius 2 is 1.74 bits per heavy atom. The first-order chi connectivity index (χ1) is 11.0. The molecule has 2 amide bonds. The maximum atomic E-state index is 12.1. The van der Waals surface area contributed by atoms with Gasteiger partial charge in [-0.25, -0.2) is 0 Å². The third kappa shape index (κ3) is 4.09. The predicted molar refractivity (Wildman–Crippen MR) is 86.2 cm³/mol. The van der Waals surface area contributed by atoms with E-state index in [0.717, 1.165) is 12.8 Å². The molecule has 1 saturated carbocycles. The molecule has 6 nitrogen and oxygen atoms in total. The van der Waals surface area contributed by atoms with Crippen LogP contribution in [-0.4, -0.2) is 29.4 Å². The number of carboxylic acid groups (broad SMARTS) is 1. The number of amides is 2. The van der Waals surface area contributed by atoms with Gasteiger partial charge < -0.3 is 15.7 Å². The maximum Gasteiger partial charge on any atom is 0.310 e. The molecule has 0 unspecified atom stereocenters. The SMILES string of the molecule is CCNC(=O)c1ccc(NC(=O)CC2(C(=O)O)CCCC2)cc1. The molecular formula is C17H22N2O4. The van der Waals surface area contributed by atoms with Crippen molar-refractivity contribution in [2.24, 2.45) is 5.41 Å². The summed E-state index contributed by atoms with van der Waals surface area (Å²) in [5.74, 6) is -1.36. The van der Waals surface area contributed by atoms with Crippen LogP contribution in [0.2, 0.25) is 0 Å². The number of hydrogen-bond acceptors (Lipinski definition) is 3. The summed E-state index contributed by atoms with van der Waals surface area (Å²) in [6.45, 7) is 2.39. The van der Waals surface area contributed by atoms with Gasteiger partial charge in [-0.05, 0) is 44.0 Å². The minimum atomic E-state index is -0.926. The third-order valence-electron chi connectivity index (χ3n) is 4.28. The fourth-order valence-corrected chi connectivity index (χ4v) is 3.00. The summed E-state index contributed by atoms with van der Waals surface area (Å²) in [6, 6.07) is 6.54. The molecule has 1 aliphatic carbocycles. The molecule has 0 aromatic heterocycles. The standard InChI is InChI=1S/C17H22N2O4/c1-2-18-15(21)12-5-7-13(8-6-12)19-14(20)11-17(16(22)23)9-3-4-10-17/h5-8H,2-4,9-11H2,1H3,(H,18,21)(H,19,20)(H,22,23). The van der Waals surface area contributed by atoms with Gasteiger partial charge in [-0.1, -0.05) is 12.8 Å². The molecule has 6 heteroatoms. The molecule has 124 valence electrons. The summed E-state index contributed by atoms with van der Waals surface area (Å²) in [4.78, 5) is 35.3. The van der Waals surface area contributed by atoms with Gasteiger partial charge in [-0.3, -0.25) is 14.4 Å². The number of anilines is 1. The van der Waals surface area contributed by atoms with Gasteiger partial charge in [0.25, 0.3) is 5.91 Å². The minimum Gasteiger partial charge on any atom is -0.481 e. The van der Waals surface area contributed by atoms with Gasteiger partial charge in [0.05, 0.1) is 5.41 Å². The second kappa shape index (κ2) is 7.26. The Hall–Kier alpha value is -2.37. The molecule has 3 N–H and O–H groups in total. The number of carbonyl (C=O) groups is 3. The van der Waals surface area contributed by atoms with Crippen molar-refractivity contribution >= 4 is 23.5 Å². The molecule has 0 bridgehead atoms. The van der Waals surface area contributed by atoms with Crippen molar-refractivity contribution < 1.29 is 19.5 Å². The monoisotopic (exact) mass is 318 g/mol. The Morgan fingerprint density at radius 3 is 2.26 bits per heavy atom. The van der Waals surface area contributed by atoms with Gasteiger partial charge in [-0.15, -0.1) is 0 Å². The number of carboxylic acids is 1. The Morgan fingerprint density at radius 1 is 1.13 bits per heavy atom. The van der Waals surface area contributed by atoms with Crippen LogP contribution in [0.25, 0.3) is 0 Å². The number of benzene rings is 1. The molecule has 2 rings (SSSR count). The Labute approximate surface area is 135 Å². The Kier molecular flexibility index (Phi) is 5.36. The largest absolute Gasteiger partial charge is 0.481 e. The summed E-state index contributed by atoms with van der Waals surface area (Å²) in [5, 5.41) is 14.8. The van der Waals surface area contributed by atoms with E-state index < -0.39 is 11.4 Å². The van der Waals surface area contributed by atoms with Gasteiger partial charge in [-0.2, -0.15) is 0 Å². The number of nitrogens with one attached hydrogen (secondary N) is 2. The molecule has 1 fully saturated rings. The van der Waals surface area contributed by atoms with Gasteiger partial charge in [0.1, 0.15) is 0 Å². The summed E-state index contributed by atoms with van der Waals surface area (Å²) in [5.41, 5.74) is 0.148. The van der Waals surface area contributed by atoms with E-state index in [1.54, 1.807) is 24.3 Å². The molecule has 0 spiro atoms. The quantitative estimate of drug-likeness (QED) is 0.750. The molecule has 0 aliphatic heterocycles. The lowest BCUT2D eigenvalue weighted by atomic mass is 9.82. The highest BCUT2D eigenvalue weighted by Gasteiger charge is 2.42. The van der Waals surface area contributed by atoms with Crippen LogP contribution in [0.4, 0.5) is 5.69 Å². The summed E-state index contributed by atoms with van der Waals surface area (Å²) < 4.78 is 0. The van der Waals surface area contributed by atoms with Gasteiger partial charge in [0, 0.05) is 24.2 Å². The first-order valence-electron chi connectivity index (χ1n) is 7.88. The second-order valence-corrected chi connectivity index (χ2v) is 5.95. The van der Waals surface area contributed by atoms with E-state index >= 15 is 0 Å². The number of hydrogen-bond donors (Lipinski definition) is 3. The highest BCUT2D eigenvalue weighted by molar-refractivity contribution is 5.96. The number of rotatable bonds is 6. The average Bonchev–Trinajstić information content (AvgIpc) is 2.98. The van der Waals surface area contributed by atoms with Gasteiger partial charge in [0.15, 0.2) is 0 Å². The molecule has 23 heavy (non-hydrogen) atoms. The lowest BCUT2D eigenvalue weighted by Crippen LogP contribution is -2.32. The van der Waals surface area contributed by atoms with Crippen LogP contribution in [0.15, 0.2) is 24.3 Å². The molecule has 0 radical (unpaired) electrons. The zero-order chi connectivity index (χ0) is 16.9. The average molecular weight is 318 g/mol. The number of aliphatic carboxylic acids is 1. The van der Waals surface area contributed by atoms with Crippen molar-refractivity contribution in [3.63, 3.8) is 0 Å². The molecule has 0 heterocycles. The molecule has 1 aliphatic rings. The van der Waals surface area contributed by atoms with Crippen molar-refractivity contribution in [1.82, 2.24) is 5.32 Å². The molecular weight excluding hydrogens is 296 g/mol. The maximum absolute atomic E-state index is 12.1. The van der Waals surface area contributed by atoms with Crippen molar-refractivity contribution in [2.45, 2.75) is 39.0 Å². The Balaban J connectivity index is 1.97. The van der Waals surface area contributed by atoms with E-state index in [1.165, 1.54) is 0 Å². The van der Waals surface area contributed by atoms with Crippen LogP contribution in [-0.2, 0) is 9.59 Å². The number of carbonyl (C=O) groups excluding carboxylic acids is 2. The summed E-state index contributed by atoms with van der Waals surface area (Å²) >= 11 is 0. The van der Waals surface area contributed by atoms with Crippen molar-refractivity contribution in [2.75, 3.05) is 11.9 Å². The second-order valence-electron chi connectivity index (χ2n) is 5.95. The highest BCUT2D eigenvalue weighted by atomic mass is 16.4. The lowest BCUT2D eigenvalue weighted by molar-refractivity contribution is -0.150. The minimum absolute atomic E-state index is 0.0135. The Bertz CT molecular complexity index is 589. The fraction of sp³-hybridized carbons (Fsp3) is 0.471. The van der Waals surface area contributed by atoms with E-state index in [1.807, 2.05) is 6.92 Å². The third-order valence-corrected chi connectivity index (χ3v) is 4.28. The first kappa shape index (κ1) is 17.0. The van der Waals surface area contributed by atoms with Crippen molar-refractivity contribution in [3.05, 3.63) is 29.8 Å². The normalized spacial score (nSPS) is 15.9. The molecule has 1 aromatic rings.